The number of hydrogen-bond acceptors (Lipinski definition) is 2. The first-order valence-corrected chi connectivity index (χ1v) is 7.86. The molecule has 1 aliphatic heterocycles. The average Bonchev–Trinajstić information content (AvgIpc) is 2.59. The standard InChI is InChI=1S/C16H34N4/c1-8-15(3,4)11-16(5,6)12-20-10-9-19(7)14(20)18-13(2)17/h13H,8-12,17H2,1-7H3/b18-14+. The molecule has 0 aromatic rings. The Morgan fingerprint density at radius 3 is 2.30 bits per heavy atom. The van der Waals surface area contributed by atoms with Crippen molar-refractivity contribution in [1.29, 1.82) is 0 Å². The Bertz CT molecular complexity index is 344. The van der Waals surface area contributed by atoms with Crippen LogP contribution in [0.5, 0.6) is 0 Å². The van der Waals surface area contributed by atoms with Crippen LogP contribution in [0.1, 0.15) is 54.4 Å². The van der Waals surface area contributed by atoms with Crippen LogP contribution >= 0.6 is 0 Å². The minimum Gasteiger partial charge on any atom is -0.344 e. The maximum Gasteiger partial charge on any atom is 0.198 e. The summed E-state index contributed by atoms with van der Waals surface area (Å²) in [6.45, 7) is 16.8. The minimum atomic E-state index is -0.136. The van der Waals surface area contributed by atoms with Crippen molar-refractivity contribution in [3.63, 3.8) is 0 Å². The molecule has 1 rings (SSSR count). The summed E-state index contributed by atoms with van der Waals surface area (Å²) in [5.41, 5.74) is 6.52. The monoisotopic (exact) mass is 282 g/mol. The van der Waals surface area contributed by atoms with Crippen LogP contribution in [-0.2, 0) is 0 Å². The van der Waals surface area contributed by atoms with E-state index in [1.165, 1.54) is 12.8 Å². The Kier molecular flexibility index (Phi) is 5.47. The van der Waals surface area contributed by atoms with Crippen molar-refractivity contribution < 1.29 is 0 Å². The van der Waals surface area contributed by atoms with E-state index >= 15 is 0 Å². The first-order valence-electron chi connectivity index (χ1n) is 7.86. The second-order valence-electron chi connectivity index (χ2n) is 7.87. The summed E-state index contributed by atoms with van der Waals surface area (Å²) in [5, 5.41) is 0. The molecule has 0 spiro atoms. The Hall–Kier alpha value is -0.770. The minimum absolute atomic E-state index is 0.136. The van der Waals surface area contributed by atoms with E-state index in [-0.39, 0.29) is 11.6 Å². The highest BCUT2D eigenvalue weighted by atomic mass is 15.4. The summed E-state index contributed by atoms with van der Waals surface area (Å²) in [6, 6.07) is 0. The van der Waals surface area contributed by atoms with Gasteiger partial charge in [-0.2, -0.15) is 0 Å². The molecular formula is C16H34N4. The van der Waals surface area contributed by atoms with Gasteiger partial charge < -0.3 is 15.5 Å². The maximum atomic E-state index is 5.84. The third-order valence-corrected chi connectivity index (χ3v) is 4.18. The lowest BCUT2D eigenvalue weighted by Crippen LogP contribution is -2.41. The van der Waals surface area contributed by atoms with Crippen LogP contribution < -0.4 is 5.73 Å². The van der Waals surface area contributed by atoms with Gasteiger partial charge in [-0.25, -0.2) is 4.99 Å². The zero-order valence-electron chi connectivity index (χ0n) is 14.5. The van der Waals surface area contributed by atoms with Crippen molar-refractivity contribution in [3.8, 4) is 0 Å². The molecule has 0 radical (unpaired) electrons. The van der Waals surface area contributed by atoms with Gasteiger partial charge in [0.25, 0.3) is 0 Å². The molecule has 1 heterocycles. The highest BCUT2D eigenvalue weighted by molar-refractivity contribution is 5.82. The van der Waals surface area contributed by atoms with E-state index in [1.54, 1.807) is 0 Å². The normalized spacial score (nSPS) is 20.9. The van der Waals surface area contributed by atoms with Crippen LogP contribution in [0, 0.1) is 10.8 Å². The first-order chi connectivity index (χ1) is 9.06. The van der Waals surface area contributed by atoms with E-state index in [1.807, 2.05) is 6.92 Å². The Labute approximate surface area is 125 Å². The van der Waals surface area contributed by atoms with Crippen LogP contribution in [0.4, 0.5) is 0 Å². The summed E-state index contributed by atoms with van der Waals surface area (Å²) in [4.78, 5) is 9.20. The molecule has 1 saturated heterocycles. The van der Waals surface area contributed by atoms with E-state index < -0.39 is 0 Å². The number of guanidine groups is 1. The maximum absolute atomic E-state index is 5.84. The molecule has 1 unspecified atom stereocenters. The van der Waals surface area contributed by atoms with E-state index in [9.17, 15) is 0 Å². The molecule has 0 amide bonds. The molecule has 2 N–H and O–H groups in total. The lowest BCUT2D eigenvalue weighted by Gasteiger charge is -2.37. The van der Waals surface area contributed by atoms with Gasteiger partial charge in [-0.3, -0.25) is 0 Å². The zero-order chi connectivity index (χ0) is 15.6. The summed E-state index contributed by atoms with van der Waals surface area (Å²) in [7, 11) is 2.10. The Morgan fingerprint density at radius 1 is 1.20 bits per heavy atom. The molecule has 1 aliphatic rings. The molecule has 0 aliphatic carbocycles. The van der Waals surface area contributed by atoms with Crippen molar-refractivity contribution in [3.05, 3.63) is 0 Å². The summed E-state index contributed by atoms with van der Waals surface area (Å²) in [5.74, 6) is 1.06. The van der Waals surface area contributed by atoms with Gasteiger partial charge in [0, 0.05) is 26.7 Å². The van der Waals surface area contributed by atoms with Gasteiger partial charge >= 0.3 is 0 Å². The highest BCUT2D eigenvalue weighted by Gasteiger charge is 2.33. The largest absolute Gasteiger partial charge is 0.344 e. The fourth-order valence-electron chi connectivity index (χ4n) is 3.22. The molecule has 4 nitrogen and oxygen atoms in total. The molecule has 1 fully saturated rings. The van der Waals surface area contributed by atoms with Gasteiger partial charge in [0.2, 0.25) is 0 Å². The predicted molar refractivity (Wildman–Crippen MR) is 87.8 cm³/mol. The molecular weight excluding hydrogens is 248 g/mol. The lowest BCUT2D eigenvalue weighted by atomic mass is 9.73. The summed E-state index contributed by atoms with van der Waals surface area (Å²) >= 11 is 0. The number of likely N-dealkylation sites (N-methyl/N-ethyl adjacent to an activating group) is 1. The molecule has 1 atom stereocenters. The van der Waals surface area contributed by atoms with Gasteiger partial charge in [0.05, 0.1) is 6.17 Å². The lowest BCUT2D eigenvalue weighted by molar-refractivity contribution is 0.157. The third-order valence-electron chi connectivity index (χ3n) is 4.18. The molecule has 0 aromatic heterocycles. The van der Waals surface area contributed by atoms with Crippen LogP contribution in [0.25, 0.3) is 0 Å². The topological polar surface area (TPSA) is 44.9 Å². The van der Waals surface area contributed by atoms with Gasteiger partial charge in [-0.05, 0) is 24.2 Å². The van der Waals surface area contributed by atoms with Crippen molar-refractivity contribution in [2.75, 3.05) is 26.7 Å². The van der Waals surface area contributed by atoms with E-state index in [4.69, 9.17) is 5.73 Å². The summed E-state index contributed by atoms with van der Waals surface area (Å²) < 4.78 is 0. The molecule has 0 saturated carbocycles. The SMILES string of the molecule is CCC(C)(C)CC(C)(C)CN1CCN(C)/C1=N\C(C)N. The van der Waals surface area contributed by atoms with Crippen molar-refractivity contribution in [1.82, 2.24) is 9.80 Å². The van der Waals surface area contributed by atoms with Crippen molar-refractivity contribution in [2.24, 2.45) is 21.6 Å². The molecule has 118 valence electrons. The van der Waals surface area contributed by atoms with Gasteiger partial charge in [0.1, 0.15) is 0 Å². The molecule has 4 heteroatoms. The van der Waals surface area contributed by atoms with Crippen LogP contribution in [-0.4, -0.2) is 48.6 Å². The first kappa shape index (κ1) is 17.3. The summed E-state index contributed by atoms with van der Waals surface area (Å²) in [6.07, 6.45) is 2.31. The molecule has 20 heavy (non-hydrogen) atoms. The smallest absolute Gasteiger partial charge is 0.198 e. The van der Waals surface area contributed by atoms with Crippen LogP contribution in [0.15, 0.2) is 4.99 Å². The van der Waals surface area contributed by atoms with E-state index in [0.717, 1.165) is 25.6 Å². The van der Waals surface area contributed by atoms with Crippen molar-refractivity contribution >= 4 is 5.96 Å². The van der Waals surface area contributed by atoms with E-state index in [0.29, 0.717) is 5.41 Å². The number of rotatable bonds is 6. The second kappa shape index (κ2) is 6.33. The van der Waals surface area contributed by atoms with Crippen molar-refractivity contribution in [2.45, 2.75) is 60.5 Å². The van der Waals surface area contributed by atoms with Gasteiger partial charge in [-0.15, -0.1) is 0 Å². The zero-order valence-corrected chi connectivity index (χ0v) is 14.5. The van der Waals surface area contributed by atoms with Gasteiger partial charge in [-0.1, -0.05) is 41.0 Å². The molecule has 0 aromatic carbocycles. The fourth-order valence-corrected chi connectivity index (χ4v) is 3.22. The van der Waals surface area contributed by atoms with Crippen LogP contribution in [0.2, 0.25) is 0 Å². The highest BCUT2D eigenvalue weighted by Crippen LogP contribution is 2.36. The number of nitrogens with zero attached hydrogens (tertiary/aromatic N) is 3. The van der Waals surface area contributed by atoms with Crippen LogP contribution in [0.3, 0.4) is 0 Å². The Balaban J connectivity index is 2.76. The predicted octanol–water partition coefficient (Wildman–Crippen LogP) is 2.75. The Morgan fingerprint density at radius 2 is 1.80 bits per heavy atom. The number of hydrogen-bond donors (Lipinski definition) is 1. The van der Waals surface area contributed by atoms with Gasteiger partial charge in [0.15, 0.2) is 5.96 Å². The second-order valence-corrected chi connectivity index (χ2v) is 7.87. The quantitative estimate of drug-likeness (QED) is 0.815. The fraction of sp³-hybridized carbons (Fsp3) is 0.938. The number of nitrogens with two attached hydrogens (primary N) is 1. The number of aliphatic imine (C=N–C) groups is 1. The average molecular weight is 282 g/mol. The third kappa shape index (κ3) is 4.97. The van der Waals surface area contributed by atoms with E-state index in [2.05, 4.69) is 56.5 Å². The molecule has 0 bridgehead atoms.